The van der Waals surface area contributed by atoms with Gasteiger partial charge in [0.05, 0.1) is 19.0 Å². The van der Waals surface area contributed by atoms with Crippen molar-refractivity contribution in [2.24, 2.45) is 5.92 Å². The maximum atomic E-state index is 13.0. The van der Waals surface area contributed by atoms with E-state index in [0.29, 0.717) is 6.54 Å². The van der Waals surface area contributed by atoms with Gasteiger partial charge in [-0.15, -0.1) is 0 Å². The molecule has 3 atom stereocenters. The van der Waals surface area contributed by atoms with Gasteiger partial charge in [-0.05, 0) is 6.42 Å². The average molecular weight is 464 g/mol. The lowest BCUT2D eigenvalue weighted by Gasteiger charge is -2.23. The molecule has 0 saturated carbocycles. The smallest absolute Gasteiger partial charge is 0.280 e. The number of imidazole rings is 1. The molecule has 1 fully saturated rings. The monoisotopic (exact) mass is 463 g/mol. The molecule has 3 rings (SSSR count). The summed E-state index contributed by atoms with van der Waals surface area (Å²) in [5.41, 5.74) is -0.0186. The van der Waals surface area contributed by atoms with Crippen molar-refractivity contribution in [2.45, 2.75) is 90.6 Å². The summed E-state index contributed by atoms with van der Waals surface area (Å²) in [5, 5.41) is 19.5. The maximum Gasteiger partial charge on any atom is 0.280 e. The van der Waals surface area contributed by atoms with Gasteiger partial charge >= 0.3 is 0 Å². The molecule has 2 aromatic rings. The zero-order chi connectivity index (χ0) is 24.0. The van der Waals surface area contributed by atoms with Gasteiger partial charge < -0.3 is 14.9 Å². The van der Waals surface area contributed by atoms with Crippen LogP contribution in [-0.4, -0.2) is 61.0 Å². The first-order valence-corrected chi connectivity index (χ1v) is 12.1. The Morgan fingerprint density at radius 1 is 1.27 bits per heavy atom. The molecule has 0 spiro atoms. The molecule has 0 bridgehead atoms. The molecule has 184 valence electrons. The Balaban J connectivity index is 1.82. The first-order valence-electron chi connectivity index (χ1n) is 12.1. The number of nitrogens with zero attached hydrogens (tertiary/aromatic N) is 4. The number of hydrogen-bond donors (Lipinski definition) is 3. The van der Waals surface area contributed by atoms with Crippen LogP contribution in [0.25, 0.3) is 11.2 Å². The molecule has 1 aliphatic rings. The number of aromatic amines is 1. The van der Waals surface area contributed by atoms with Gasteiger partial charge in [-0.2, -0.15) is 4.98 Å². The van der Waals surface area contributed by atoms with Crippen LogP contribution in [0.15, 0.2) is 11.1 Å². The number of aliphatic hydroxyl groups is 2. The molecule has 1 aliphatic heterocycles. The standard InChI is InChI=1S/C23H37N5O5/c1-4-5-6-7-8-9-10-11-27(22(32)15(2)3)23-25-20-19(21(31)26-23)24-14-28(20)18-12-16(30)17(13-29)33-18/h14-18,29-30H,4-13H2,1-3H3,(H,25,26,31)/t16-,17+,18+/m0/s1. The topological polar surface area (TPSA) is 134 Å². The highest BCUT2D eigenvalue weighted by molar-refractivity contribution is 5.93. The third-order valence-corrected chi connectivity index (χ3v) is 6.12. The highest BCUT2D eigenvalue weighted by Gasteiger charge is 2.35. The molecule has 0 aliphatic carbocycles. The number of nitrogens with one attached hydrogen (secondary N) is 1. The quantitative estimate of drug-likeness (QED) is 0.412. The van der Waals surface area contributed by atoms with Gasteiger partial charge in [0.1, 0.15) is 12.3 Å². The molecule has 10 nitrogen and oxygen atoms in total. The highest BCUT2D eigenvalue weighted by atomic mass is 16.5. The number of amides is 1. The van der Waals surface area contributed by atoms with Gasteiger partial charge in [0, 0.05) is 18.9 Å². The fourth-order valence-corrected chi connectivity index (χ4v) is 4.16. The summed E-state index contributed by atoms with van der Waals surface area (Å²) in [7, 11) is 0. The lowest BCUT2D eigenvalue weighted by molar-refractivity contribution is -0.121. The van der Waals surface area contributed by atoms with E-state index in [1.165, 1.54) is 32.0 Å². The minimum Gasteiger partial charge on any atom is -0.394 e. The van der Waals surface area contributed by atoms with E-state index >= 15 is 0 Å². The van der Waals surface area contributed by atoms with Crippen molar-refractivity contribution in [2.75, 3.05) is 18.1 Å². The summed E-state index contributed by atoms with van der Waals surface area (Å²) in [6.07, 6.45) is 7.37. The summed E-state index contributed by atoms with van der Waals surface area (Å²) < 4.78 is 7.29. The molecule has 0 aromatic carbocycles. The molecule has 0 unspecified atom stereocenters. The van der Waals surface area contributed by atoms with E-state index in [9.17, 15) is 19.8 Å². The van der Waals surface area contributed by atoms with E-state index in [1.54, 1.807) is 9.47 Å². The van der Waals surface area contributed by atoms with Crippen molar-refractivity contribution >= 4 is 23.0 Å². The van der Waals surface area contributed by atoms with Crippen LogP contribution in [-0.2, 0) is 9.53 Å². The zero-order valence-corrected chi connectivity index (χ0v) is 19.9. The Hall–Kier alpha value is -2.30. The van der Waals surface area contributed by atoms with E-state index in [4.69, 9.17) is 4.74 Å². The predicted octanol–water partition coefficient (Wildman–Crippen LogP) is 2.50. The fourth-order valence-electron chi connectivity index (χ4n) is 4.16. The third kappa shape index (κ3) is 5.99. The number of carbonyl (C=O) groups is 1. The highest BCUT2D eigenvalue weighted by Crippen LogP contribution is 2.30. The summed E-state index contributed by atoms with van der Waals surface area (Å²) in [6.45, 7) is 6.00. The number of ether oxygens (including phenoxy) is 1. The van der Waals surface area contributed by atoms with Crippen molar-refractivity contribution < 1.29 is 19.7 Å². The normalized spacial score (nSPS) is 20.7. The number of carbonyl (C=O) groups excluding carboxylic acids is 1. The molecule has 3 heterocycles. The van der Waals surface area contributed by atoms with Gasteiger partial charge in [0.2, 0.25) is 11.9 Å². The van der Waals surface area contributed by atoms with Crippen molar-refractivity contribution in [1.82, 2.24) is 19.5 Å². The molecule has 3 N–H and O–H groups in total. The van der Waals surface area contributed by atoms with Crippen LogP contribution in [0.3, 0.4) is 0 Å². The SMILES string of the molecule is CCCCCCCCCN(C(=O)C(C)C)c1nc2c(ncn2[C@H]2C[C@H](O)[C@@H](CO)O2)c(=O)[nH]1. The Morgan fingerprint density at radius 2 is 1.97 bits per heavy atom. The predicted molar refractivity (Wildman–Crippen MR) is 125 cm³/mol. The van der Waals surface area contributed by atoms with Crippen molar-refractivity contribution in [3.8, 4) is 0 Å². The molecular weight excluding hydrogens is 426 g/mol. The van der Waals surface area contributed by atoms with E-state index in [2.05, 4.69) is 21.9 Å². The number of hydrogen-bond acceptors (Lipinski definition) is 7. The molecule has 2 aromatic heterocycles. The number of aliphatic hydroxyl groups excluding tert-OH is 2. The van der Waals surface area contributed by atoms with Crippen LogP contribution < -0.4 is 10.5 Å². The Labute approximate surface area is 194 Å². The van der Waals surface area contributed by atoms with Crippen molar-refractivity contribution in [3.05, 3.63) is 16.7 Å². The third-order valence-electron chi connectivity index (χ3n) is 6.12. The minimum atomic E-state index is -0.824. The Morgan fingerprint density at radius 3 is 2.61 bits per heavy atom. The largest absolute Gasteiger partial charge is 0.394 e. The lowest BCUT2D eigenvalue weighted by Crippen LogP contribution is -2.37. The van der Waals surface area contributed by atoms with Crippen LogP contribution in [0.4, 0.5) is 5.95 Å². The summed E-state index contributed by atoms with van der Waals surface area (Å²) in [4.78, 5) is 38.7. The summed E-state index contributed by atoms with van der Waals surface area (Å²) >= 11 is 0. The second-order valence-corrected chi connectivity index (χ2v) is 9.09. The number of H-pyrrole nitrogens is 1. The van der Waals surface area contributed by atoms with Crippen molar-refractivity contribution in [1.29, 1.82) is 0 Å². The molecule has 10 heteroatoms. The first-order chi connectivity index (χ1) is 15.9. The second kappa shape index (κ2) is 11.7. The number of unbranched alkanes of at least 4 members (excludes halogenated alkanes) is 6. The molecule has 33 heavy (non-hydrogen) atoms. The number of rotatable bonds is 12. The van der Waals surface area contributed by atoms with Crippen LogP contribution in [0.1, 0.15) is 78.4 Å². The molecule has 1 amide bonds. The second-order valence-electron chi connectivity index (χ2n) is 9.09. The van der Waals surface area contributed by atoms with Gasteiger partial charge in [0.15, 0.2) is 11.2 Å². The lowest BCUT2D eigenvalue weighted by atomic mass is 10.1. The maximum absolute atomic E-state index is 13.0. The average Bonchev–Trinajstić information content (AvgIpc) is 3.38. The Kier molecular flexibility index (Phi) is 8.99. The molecule has 0 radical (unpaired) electrons. The van der Waals surface area contributed by atoms with E-state index in [0.717, 1.165) is 19.3 Å². The van der Waals surface area contributed by atoms with Crippen LogP contribution in [0.2, 0.25) is 0 Å². The molecular formula is C23H37N5O5. The van der Waals surface area contributed by atoms with Crippen LogP contribution in [0.5, 0.6) is 0 Å². The number of anilines is 1. The summed E-state index contributed by atoms with van der Waals surface area (Å²) in [6, 6.07) is 0. The fraction of sp³-hybridized carbons (Fsp3) is 0.739. The first kappa shape index (κ1) is 25.3. The molecule has 1 saturated heterocycles. The zero-order valence-electron chi connectivity index (χ0n) is 19.9. The van der Waals surface area contributed by atoms with Gasteiger partial charge in [0.25, 0.3) is 5.56 Å². The number of fused-ring (bicyclic) bond motifs is 1. The van der Waals surface area contributed by atoms with E-state index in [-0.39, 0.29) is 42.0 Å². The van der Waals surface area contributed by atoms with Crippen LogP contribution in [0, 0.1) is 5.92 Å². The van der Waals surface area contributed by atoms with Gasteiger partial charge in [-0.25, -0.2) is 4.98 Å². The number of aromatic nitrogens is 4. The minimum absolute atomic E-state index is 0.109. The van der Waals surface area contributed by atoms with Gasteiger partial charge in [-0.3, -0.25) is 24.0 Å². The van der Waals surface area contributed by atoms with Crippen molar-refractivity contribution in [3.63, 3.8) is 0 Å². The summed E-state index contributed by atoms with van der Waals surface area (Å²) in [5.74, 6) is -0.169. The van der Waals surface area contributed by atoms with E-state index < -0.39 is 24.0 Å². The van der Waals surface area contributed by atoms with Crippen LogP contribution >= 0.6 is 0 Å². The Bertz CT molecular complexity index is 972. The van der Waals surface area contributed by atoms with E-state index in [1.807, 2.05) is 13.8 Å². The van der Waals surface area contributed by atoms with Gasteiger partial charge in [-0.1, -0.05) is 59.3 Å².